The lowest BCUT2D eigenvalue weighted by Gasteiger charge is -2.15. The van der Waals surface area contributed by atoms with Crippen LogP contribution in [0.2, 0.25) is 0 Å². The molecule has 0 aromatic carbocycles. The molecular weight excluding hydrogens is 214 g/mol. The molecule has 0 aliphatic rings. The summed E-state index contributed by atoms with van der Waals surface area (Å²) in [6.45, 7) is 5.88. The van der Waals surface area contributed by atoms with Crippen molar-refractivity contribution in [3.8, 4) is 0 Å². The Kier molecular flexibility index (Phi) is 7.21. The van der Waals surface area contributed by atoms with Gasteiger partial charge < -0.3 is 10.4 Å². The van der Waals surface area contributed by atoms with Crippen LogP contribution in [0.3, 0.4) is 0 Å². The van der Waals surface area contributed by atoms with E-state index in [9.17, 15) is 9.59 Å². The van der Waals surface area contributed by atoms with E-state index in [1.54, 1.807) is 0 Å². The quantitative estimate of drug-likeness (QED) is 0.699. The summed E-state index contributed by atoms with van der Waals surface area (Å²) in [5, 5.41) is 11.8. The van der Waals surface area contributed by atoms with Gasteiger partial charge in [-0.2, -0.15) is 11.8 Å². The van der Waals surface area contributed by atoms with Gasteiger partial charge in [0.25, 0.3) is 0 Å². The van der Waals surface area contributed by atoms with Crippen LogP contribution in [0.25, 0.3) is 0 Å². The van der Waals surface area contributed by atoms with Crippen LogP contribution >= 0.6 is 11.8 Å². The topological polar surface area (TPSA) is 66.4 Å². The van der Waals surface area contributed by atoms with E-state index in [0.717, 1.165) is 6.42 Å². The fourth-order valence-corrected chi connectivity index (χ4v) is 1.76. The molecule has 88 valence electrons. The van der Waals surface area contributed by atoms with Gasteiger partial charge in [0.2, 0.25) is 5.91 Å². The lowest BCUT2D eigenvalue weighted by molar-refractivity contribution is -0.141. The highest BCUT2D eigenvalue weighted by atomic mass is 32.2. The SMILES string of the molecule is CCCC(=O)NC(CSC(C)C)C(=O)O. The minimum atomic E-state index is -0.965. The predicted octanol–water partition coefficient (Wildman–Crippen LogP) is 1.50. The Morgan fingerprint density at radius 2 is 2.00 bits per heavy atom. The van der Waals surface area contributed by atoms with Crippen LogP contribution in [0.5, 0.6) is 0 Å². The van der Waals surface area contributed by atoms with Crippen LogP contribution in [0.15, 0.2) is 0 Å². The van der Waals surface area contributed by atoms with Gasteiger partial charge in [-0.25, -0.2) is 4.79 Å². The molecule has 2 N–H and O–H groups in total. The lowest BCUT2D eigenvalue weighted by Crippen LogP contribution is -2.42. The second-order valence-electron chi connectivity index (χ2n) is 3.59. The van der Waals surface area contributed by atoms with Crippen molar-refractivity contribution in [1.82, 2.24) is 5.32 Å². The highest BCUT2D eigenvalue weighted by Crippen LogP contribution is 2.10. The van der Waals surface area contributed by atoms with Crippen LogP contribution in [0, 0.1) is 0 Å². The van der Waals surface area contributed by atoms with Crippen LogP contribution < -0.4 is 5.32 Å². The third kappa shape index (κ3) is 7.25. The van der Waals surface area contributed by atoms with Gasteiger partial charge in [-0.15, -0.1) is 0 Å². The van der Waals surface area contributed by atoms with E-state index >= 15 is 0 Å². The predicted molar refractivity (Wildman–Crippen MR) is 62.1 cm³/mol. The van der Waals surface area contributed by atoms with Crippen LogP contribution in [-0.2, 0) is 9.59 Å². The highest BCUT2D eigenvalue weighted by Gasteiger charge is 2.19. The molecule has 4 nitrogen and oxygen atoms in total. The average Bonchev–Trinajstić information content (AvgIpc) is 2.11. The first-order valence-electron chi connectivity index (χ1n) is 5.11. The molecular formula is C10H19NO3S. The van der Waals surface area contributed by atoms with E-state index < -0.39 is 12.0 Å². The molecule has 0 radical (unpaired) electrons. The molecule has 15 heavy (non-hydrogen) atoms. The molecule has 0 spiro atoms. The first kappa shape index (κ1) is 14.3. The van der Waals surface area contributed by atoms with Crippen LogP contribution in [-0.4, -0.2) is 34.0 Å². The zero-order chi connectivity index (χ0) is 11.8. The Bertz CT molecular complexity index is 219. The summed E-state index contributed by atoms with van der Waals surface area (Å²) in [5.74, 6) is -0.732. The van der Waals surface area contributed by atoms with Crippen molar-refractivity contribution in [3.05, 3.63) is 0 Å². The minimum absolute atomic E-state index is 0.186. The molecule has 0 saturated heterocycles. The van der Waals surface area contributed by atoms with Gasteiger partial charge in [0.15, 0.2) is 0 Å². The summed E-state index contributed by atoms with van der Waals surface area (Å²) < 4.78 is 0. The zero-order valence-corrected chi connectivity index (χ0v) is 10.3. The number of hydrogen-bond acceptors (Lipinski definition) is 3. The maximum atomic E-state index is 11.2. The minimum Gasteiger partial charge on any atom is -0.480 e. The van der Waals surface area contributed by atoms with E-state index in [1.165, 1.54) is 11.8 Å². The largest absolute Gasteiger partial charge is 0.480 e. The van der Waals surface area contributed by atoms with Crippen molar-refractivity contribution >= 4 is 23.6 Å². The van der Waals surface area contributed by atoms with E-state index in [-0.39, 0.29) is 5.91 Å². The summed E-state index contributed by atoms with van der Waals surface area (Å²) in [4.78, 5) is 22.0. The van der Waals surface area contributed by atoms with Crippen molar-refractivity contribution in [3.63, 3.8) is 0 Å². The summed E-state index contributed by atoms with van der Waals surface area (Å²) in [5.41, 5.74) is 0. The van der Waals surface area contributed by atoms with Crippen molar-refractivity contribution in [2.75, 3.05) is 5.75 Å². The summed E-state index contributed by atoms with van der Waals surface area (Å²) >= 11 is 1.53. The molecule has 0 rings (SSSR count). The molecule has 0 bridgehead atoms. The van der Waals surface area contributed by atoms with Gasteiger partial charge in [-0.3, -0.25) is 4.79 Å². The van der Waals surface area contributed by atoms with Crippen molar-refractivity contribution in [2.45, 2.75) is 44.9 Å². The summed E-state index contributed by atoms with van der Waals surface area (Å²) in [6, 6.07) is -0.767. The molecule has 0 fully saturated rings. The van der Waals surface area contributed by atoms with Crippen molar-refractivity contribution in [2.24, 2.45) is 0 Å². The summed E-state index contributed by atoms with van der Waals surface area (Å²) in [6.07, 6.45) is 1.12. The van der Waals surface area contributed by atoms with Gasteiger partial charge in [0.05, 0.1) is 0 Å². The Morgan fingerprint density at radius 1 is 1.40 bits per heavy atom. The normalized spacial score (nSPS) is 12.5. The summed E-state index contributed by atoms with van der Waals surface area (Å²) in [7, 11) is 0. The Hall–Kier alpha value is -0.710. The lowest BCUT2D eigenvalue weighted by atomic mass is 10.3. The first-order chi connectivity index (χ1) is 6.97. The molecule has 0 heterocycles. The Balaban J connectivity index is 4.04. The van der Waals surface area contributed by atoms with E-state index in [4.69, 9.17) is 5.11 Å². The fraction of sp³-hybridized carbons (Fsp3) is 0.800. The number of aliphatic carboxylic acids is 1. The highest BCUT2D eigenvalue weighted by molar-refractivity contribution is 7.99. The molecule has 0 aromatic heterocycles. The smallest absolute Gasteiger partial charge is 0.327 e. The average molecular weight is 233 g/mol. The Labute approximate surface area is 94.8 Å². The van der Waals surface area contributed by atoms with Crippen LogP contribution in [0.4, 0.5) is 0 Å². The second-order valence-corrected chi connectivity index (χ2v) is 5.20. The number of carboxylic acid groups (broad SMARTS) is 1. The van der Waals surface area contributed by atoms with E-state index in [1.807, 2.05) is 20.8 Å². The van der Waals surface area contributed by atoms with Crippen molar-refractivity contribution in [1.29, 1.82) is 0 Å². The monoisotopic (exact) mass is 233 g/mol. The third-order valence-electron chi connectivity index (χ3n) is 1.71. The van der Waals surface area contributed by atoms with Gasteiger partial charge in [0.1, 0.15) is 6.04 Å². The second kappa shape index (κ2) is 7.56. The van der Waals surface area contributed by atoms with Gasteiger partial charge >= 0.3 is 5.97 Å². The fourth-order valence-electron chi connectivity index (χ4n) is 0.957. The Morgan fingerprint density at radius 3 is 2.40 bits per heavy atom. The number of thioether (sulfide) groups is 1. The van der Waals surface area contributed by atoms with Gasteiger partial charge in [0, 0.05) is 12.2 Å². The van der Waals surface area contributed by atoms with E-state index in [2.05, 4.69) is 5.32 Å². The molecule has 5 heteroatoms. The first-order valence-corrected chi connectivity index (χ1v) is 6.16. The number of hydrogen-bond donors (Lipinski definition) is 2. The van der Waals surface area contributed by atoms with E-state index in [0.29, 0.717) is 17.4 Å². The van der Waals surface area contributed by atoms with Crippen molar-refractivity contribution < 1.29 is 14.7 Å². The molecule has 0 aromatic rings. The number of carbonyl (C=O) groups is 2. The molecule has 1 unspecified atom stereocenters. The third-order valence-corrected chi connectivity index (χ3v) is 2.90. The van der Waals surface area contributed by atoms with Crippen LogP contribution in [0.1, 0.15) is 33.6 Å². The number of nitrogens with one attached hydrogen (secondary N) is 1. The molecule has 0 aliphatic heterocycles. The van der Waals surface area contributed by atoms with Gasteiger partial charge in [-0.1, -0.05) is 20.8 Å². The number of carbonyl (C=O) groups excluding carboxylic acids is 1. The molecule has 1 amide bonds. The standard InChI is InChI=1S/C10H19NO3S/c1-4-5-9(12)11-8(10(13)14)6-15-7(2)3/h7-8H,4-6H2,1-3H3,(H,11,12)(H,13,14). The molecule has 0 aliphatic carbocycles. The number of amides is 1. The maximum absolute atomic E-state index is 11.2. The maximum Gasteiger partial charge on any atom is 0.327 e. The molecule has 1 atom stereocenters. The van der Waals surface area contributed by atoms with Gasteiger partial charge in [-0.05, 0) is 11.7 Å². The number of rotatable bonds is 7. The number of carboxylic acids is 1. The zero-order valence-electron chi connectivity index (χ0n) is 9.45. The molecule has 0 saturated carbocycles.